The molecule has 1 fully saturated rings. The summed E-state index contributed by atoms with van der Waals surface area (Å²) in [6, 6.07) is 6.53. The molecule has 1 aromatic rings. The molecule has 134 valence electrons. The van der Waals surface area contributed by atoms with Crippen LogP contribution in [0, 0.1) is 5.92 Å². The molecular weight excluding hydrogens is 328 g/mol. The van der Waals surface area contributed by atoms with Crippen molar-refractivity contribution in [3.8, 4) is 5.75 Å². The number of sulfonamides is 1. The van der Waals surface area contributed by atoms with E-state index in [1.807, 2.05) is 6.92 Å². The number of ether oxygens (including phenoxy) is 1. The SMILES string of the molecule is CCC(=O)N1CCN(S(=O)(=O)c2ccc(OCC(C)C)cc2)CC1. The molecule has 0 aromatic heterocycles. The number of amides is 1. The number of piperazine rings is 1. The first-order valence-electron chi connectivity index (χ1n) is 8.35. The van der Waals surface area contributed by atoms with Crippen molar-refractivity contribution in [2.45, 2.75) is 32.1 Å². The average Bonchev–Trinajstić information content (AvgIpc) is 2.59. The summed E-state index contributed by atoms with van der Waals surface area (Å²) in [6.07, 6.45) is 0.449. The smallest absolute Gasteiger partial charge is 0.243 e. The van der Waals surface area contributed by atoms with Crippen LogP contribution in [-0.4, -0.2) is 56.3 Å². The number of carbonyl (C=O) groups excluding carboxylic acids is 1. The Hall–Kier alpha value is -1.60. The molecule has 0 atom stereocenters. The molecule has 1 heterocycles. The van der Waals surface area contributed by atoms with Gasteiger partial charge in [-0.3, -0.25) is 4.79 Å². The van der Waals surface area contributed by atoms with Crippen molar-refractivity contribution in [1.82, 2.24) is 9.21 Å². The molecule has 0 bridgehead atoms. The number of nitrogens with zero attached hydrogens (tertiary/aromatic N) is 2. The first kappa shape index (κ1) is 18.7. The van der Waals surface area contributed by atoms with Crippen LogP contribution in [0.25, 0.3) is 0 Å². The van der Waals surface area contributed by atoms with E-state index in [4.69, 9.17) is 4.74 Å². The van der Waals surface area contributed by atoms with Gasteiger partial charge in [0.2, 0.25) is 15.9 Å². The molecular formula is C17H26N2O4S. The van der Waals surface area contributed by atoms with E-state index in [1.54, 1.807) is 29.2 Å². The number of hydrogen-bond acceptors (Lipinski definition) is 4. The fourth-order valence-corrected chi connectivity index (χ4v) is 3.94. The highest BCUT2D eigenvalue weighted by molar-refractivity contribution is 7.89. The maximum absolute atomic E-state index is 12.7. The largest absolute Gasteiger partial charge is 0.493 e. The molecule has 1 aromatic carbocycles. The zero-order valence-electron chi connectivity index (χ0n) is 14.6. The van der Waals surface area contributed by atoms with Gasteiger partial charge in [0.1, 0.15) is 5.75 Å². The molecule has 0 saturated carbocycles. The van der Waals surface area contributed by atoms with E-state index < -0.39 is 10.0 Å². The minimum atomic E-state index is -3.53. The van der Waals surface area contributed by atoms with E-state index in [0.29, 0.717) is 50.9 Å². The molecule has 1 aliphatic rings. The number of carbonyl (C=O) groups is 1. The van der Waals surface area contributed by atoms with Crippen molar-refractivity contribution in [1.29, 1.82) is 0 Å². The maximum atomic E-state index is 12.7. The monoisotopic (exact) mass is 354 g/mol. The standard InChI is InChI=1S/C17H26N2O4S/c1-4-17(20)18-9-11-19(12-10-18)24(21,22)16-7-5-15(6-8-16)23-13-14(2)3/h5-8,14H,4,9-13H2,1-3H3. The summed E-state index contributed by atoms with van der Waals surface area (Å²) in [5, 5.41) is 0. The molecule has 7 heteroatoms. The summed E-state index contributed by atoms with van der Waals surface area (Å²) in [4.78, 5) is 13.7. The zero-order valence-corrected chi connectivity index (χ0v) is 15.4. The van der Waals surface area contributed by atoms with E-state index in [-0.39, 0.29) is 10.8 Å². The van der Waals surface area contributed by atoms with Gasteiger partial charge in [-0.25, -0.2) is 8.42 Å². The minimum Gasteiger partial charge on any atom is -0.493 e. The van der Waals surface area contributed by atoms with Gasteiger partial charge in [0.15, 0.2) is 0 Å². The fourth-order valence-electron chi connectivity index (χ4n) is 2.52. The molecule has 1 amide bonds. The highest BCUT2D eigenvalue weighted by atomic mass is 32.2. The van der Waals surface area contributed by atoms with Crippen LogP contribution in [0.5, 0.6) is 5.75 Å². The van der Waals surface area contributed by atoms with Crippen LogP contribution in [-0.2, 0) is 14.8 Å². The molecule has 0 aliphatic carbocycles. The normalized spacial score (nSPS) is 16.4. The molecule has 0 spiro atoms. The van der Waals surface area contributed by atoms with Crippen molar-refractivity contribution in [2.75, 3.05) is 32.8 Å². The third-order valence-corrected chi connectivity index (χ3v) is 5.85. The molecule has 24 heavy (non-hydrogen) atoms. The van der Waals surface area contributed by atoms with Gasteiger partial charge in [-0.2, -0.15) is 4.31 Å². The lowest BCUT2D eigenvalue weighted by Crippen LogP contribution is -2.50. The van der Waals surface area contributed by atoms with Crippen LogP contribution in [0.15, 0.2) is 29.2 Å². The number of benzene rings is 1. The Balaban J connectivity index is 2.01. The van der Waals surface area contributed by atoms with Gasteiger partial charge in [-0.15, -0.1) is 0 Å². The summed E-state index contributed by atoms with van der Waals surface area (Å²) in [6.45, 7) is 8.08. The highest BCUT2D eigenvalue weighted by Gasteiger charge is 2.29. The Morgan fingerprint density at radius 1 is 1.12 bits per heavy atom. The van der Waals surface area contributed by atoms with Crippen molar-refractivity contribution in [2.24, 2.45) is 5.92 Å². The van der Waals surface area contributed by atoms with Crippen molar-refractivity contribution >= 4 is 15.9 Å². The lowest BCUT2D eigenvalue weighted by molar-refractivity contribution is -0.132. The van der Waals surface area contributed by atoms with E-state index in [0.717, 1.165) is 0 Å². The van der Waals surface area contributed by atoms with Gasteiger partial charge < -0.3 is 9.64 Å². The van der Waals surface area contributed by atoms with E-state index >= 15 is 0 Å². The second kappa shape index (κ2) is 7.98. The van der Waals surface area contributed by atoms with Gasteiger partial charge in [0, 0.05) is 32.6 Å². The van der Waals surface area contributed by atoms with Gasteiger partial charge in [-0.1, -0.05) is 20.8 Å². The Morgan fingerprint density at radius 3 is 2.21 bits per heavy atom. The predicted octanol–water partition coefficient (Wildman–Crippen LogP) is 1.96. The molecule has 0 N–H and O–H groups in total. The molecule has 0 radical (unpaired) electrons. The van der Waals surface area contributed by atoms with Gasteiger partial charge in [0.25, 0.3) is 0 Å². The second-order valence-corrected chi connectivity index (χ2v) is 8.25. The second-order valence-electron chi connectivity index (χ2n) is 6.31. The van der Waals surface area contributed by atoms with Gasteiger partial charge >= 0.3 is 0 Å². The molecule has 1 aliphatic heterocycles. The highest BCUT2D eigenvalue weighted by Crippen LogP contribution is 2.21. The molecule has 2 rings (SSSR count). The Morgan fingerprint density at radius 2 is 1.71 bits per heavy atom. The Kier molecular flexibility index (Phi) is 6.23. The minimum absolute atomic E-state index is 0.0682. The Bertz CT molecular complexity index is 648. The zero-order chi connectivity index (χ0) is 17.7. The van der Waals surface area contributed by atoms with Crippen molar-refractivity contribution in [3.05, 3.63) is 24.3 Å². The van der Waals surface area contributed by atoms with Crippen LogP contribution in [0.1, 0.15) is 27.2 Å². The van der Waals surface area contributed by atoms with E-state index in [1.165, 1.54) is 4.31 Å². The van der Waals surface area contributed by atoms with Crippen LogP contribution in [0.2, 0.25) is 0 Å². The summed E-state index contributed by atoms with van der Waals surface area (Å²) in [5.41, 5.74) is 0. The summed E-state index contributed by atoms with van der Waals surface area (Å²) in [5.74, 6) is 1.15. The third-order valence-electron chi connectivity index (χ3n) is 3.94. The van der Waals surface area contributed by atoms with E-state index in [9.17, 15) is 13.2 Å². The summed E-state index contributed by atoms with van der Waals surface area (Å²) < 4.78 is 32.4. The van der Waals surface area contributed by atoms with Gasteiger partial charge in [0.05, 0.1) is 11.5 Å². The van der Waals surface area contributed by atoms with Gasteiger partial charge in [-0.05, 0) is 30.2 Å². The topological polar surface area (TPSA) is 66.9 Å². The van der Waals surface area contributed by atoms with E-state index in [2.05, 4.69) is 13.8 Å². The Labute approximate surface area is 144 Å². The maximum Gasteiger partial charge on any atom is 0.243 e. The number of rotatable bonds is 6. The lowest BCUT2D eigenvalue weighted by atomic mass is 10.2. The number of hydrogen-bond donors (Lipinski definition) is 0. The van der Waals surface area contributed by atoms with Crippen LogP contribution in [0.3, 0.4) is 0 Å². The fraction of sp³-hybridized carbons (Fsp3) is 0.588. The molecule has 1 saturated heterocycles. The van der Waals surface area contributed by atoms with Crippen molar-refractivity contribution < 1.29 is 17.9 Å². The quantitative estimate of drug-likeness (QED) is 0.783. The first-order chi connectivity index (χ1) is 11.3. The molecule has 0 unspecified atom stereocenters. The lowest BCUT2D eigenvalue weighted by Gasteiger charge is -2.33. The predicted molar refractivity (Wildman–Crippen MR) is 92.4 cm³/mol. The molecule has 6 nitrogen and oxygen atoms in total. The van der Waals surface area contributed by atoms with Crippen LogP contribution in [0.4, 0.5) is 0 Å². The third kappa shape index (κ3) is 4.48. The van der Waals surface area contributed by atoms with Crippen molar-refractivity contribution in [3.63, 3.8) is 0 Å². The van der Waals surface area contributed by atoms with Crippen LogP contribution >= 0.6 is 0 Å². The first-order valence-corrected chi connectivity index (χ1v) is 9.79. The average molecular weight is 354 g/mol. The summed E-state index contributed by atoms with van der Waals surface area (Å²) >= 11 is 0. The summed E-state index contributed by atoms with van der Waals surface area (Å²) in [7, 11) is -3.53. The van der Waals surface area contributed by atoms with Crippen LogP contribution < -0.4 is 4.74 Å².